The number of aromatic nitrogens is 2. The molecule has 7 nitrogen and oxygen atoms in total. The van der Waals surface area contributed by atoms with E-state index in [1.165, 1.54) is 19.2 Å². The van der Waals surface area contributed by atoms with Crippen molar-refractivity contribution in [2.75, 3.05) is 7.11 Å². The second-order valence-corrected chi connectivity index (χ2v) is 6.29. The highest BCUT2D eigenvalue weighted by molar-refractivity contribution is 5.84. The van der Waals surface area contributed by atoms with E-state index < -0.39 is 12.0 Å². The van der Waals surface area contributed by atoms with Gasteiger partial charge in [0.05, 0.1) is 7.11 Å². The number of carbonyl (C=O) groups excluding carboxylic acids is 2. The van der Waals surface area contributed by atoms with E-state index in [-0.39, 0.29) is 36.4 Å². The SMILES string of the molecule is COC(=O)C(CC(C)C)NC(=O)CCc1nc(-c2ccc(F)cc2)no1. The fourth-order valence-electron chi connectivity index (χ4n) is 2.39. The Bertz CT molecular complexity index is 743. The maximum absolute atomic E-state index is 12.9. The number of aryl methyl sites for hydroxylation is 1. The smallest absolute Gasteiger partial charge is 0.328 e. The highest BCUT2D eigenvalue weighted by Gasteiger charge is 2.22. The summed E-state index contributed by atoms with van der Waals surface area (Å²) in [4.78, 5) is 28.0. The Morgan fingerprint density at radius 2 is 1.96 bits per heavy atom. The molecule has 1 heterocycles. The first kappa shape index (κ1) is 19.6. The van der Waals surface area contributed by atoms with Crippen LogP contribution in [0.1, 0.15) is 32.6 Å². The van der Waals surface area contributed by atoms with Gasteiger partial charge in [0, 0.05) is 18.4 Å². The average Bonchev–Trinajstić information content (AvgIpc) is 3.08. The lowest BCUT2D eigenvalue weighted by Gasteiger charge is -2.18. The van der Waals surface area contributed by atoms with Gasteiger partial charge < -0.3 is 14.6 Å². The van der Waals surface area contributed by atoms with Crippen LogP contribution in [0.4, 0.5) is 4.39 Å². The Labute approximate surface area is 150 Å². The van der Waals surface area contributed by atoms with Crippen molar-refractivity contribution in [3.8, 4) is 11.4 Å². The van der Waals surface area contributed by atoms with Crippen LogP contribution in [0.25, 0.3) is 11.4 Å². The van der Waals surface area contributed by atoms with E-state index in [9.17, 15) is 14.0 Å². The summed E-state index contributed by atoms with van der Waals surface area (Å²) in [6.45, 7) is 3.91. The number of halogens is 1. The molecule has 1 amide bonds. The summed E-state index contributed by atoms with van der Waals surface area (Å²) in [7, 11) is 1.29. The van der Waals surface area contributed by atoms with Crippen molar-refractivity contribution in [2.24, 2.45) is 5.92 Å². The number of methoxy groups -OCH3 is 1. The normalized spacial score (nSPS) is 12.0. The van der Waals surface area contributed by atoms with E-state index in [2.05, 4.69) is 15.5 Å². The second-order valence-electron chi connectivity index (χ2n) is 6.29. The van der Waals surface area contributed by atoms with Gasteiger partial charge in [0.25, 0.3) is 0 Å². The van der Waals surface area contributed by atoms with Crippen LogP contribution in [0, 0.1) is 11.7 Å². The van der Waals surface area contributed by atoms with Crippen molar-refractivity contribution in [1.82, 2.24) is 15.5 Å². The largest absolute Gasteiger partial charge is 0.467 e. The Morgan fingerprint density at radius 1 is 1.27 bits per heavy atom. The standard InChI is InChI=1S/C18H22FN3O4/c1-11(2)10-14(18(24)25-3)20-15(23)8-9-16-21-17(22-26-16)12-4-6-13(19)7-5-12/h4-7,11,14H,8-10H2,1-3H3,(H,20,23). The predicted octanol–water partition coefficient (Wildman–Crippen LogP) is 2.51. The van der Waals surface area contributed by atoms with E-state index >= 15 is 0 Å². The van der Waals surface area contributed by atoms with Crippen molar-refractivity contribution in [3.63, 3.8) is 0 Å². The zero-order chi connectivity index (χ0) is 19.1. The first-order valence-electron chi connectivity index (χ1n) is 8.34. The molecule has 0 aliphatic heterocycles. The van der Waals surface area contributed by atoms with Gasteiger partial charge in [0.1, 0.15) is 11.9 Å². The van der Waals surface area contributed by atoms with E-state index in [0.29, 0.717) is 17.8 Å². The molecule has 8 heteroatoms. The summed E-state index contributed by atoms with van der Waals surface area (Å²) in [6, 6.07) is 5.03. The number of amides is 1. The minimum atomic E-state index is -0.676. The molecule has 1 unspecified atom stereocenters. The molecule has 1 aromatic heterocycles. The Kier molecular flexibility index (Phi) is 6.82. The van der Waals surface area contributed by atoms with Gasteiger partial charge >= 0.3 is 5.97 Å². The van der Waals surface area contributed by atoms with Crippen molar-refractivity contribution in [3.05, 3.63) is 36.0 Å². The third-order valence-corrected chi connectivity index (χ3v) is 3.66. The molecule has 0 bridgehead atoms. The molecular weight excluding hydrogens is 341 g/mol. The molecule has 1 atom stereocenters. The maximum atomic E-state index is 12.9. The highest BCUT2D eigenvalue weighted by Crippen LogP contribution is 2.16. The predicted molar refractivity (Wildman–Crippen MR) is 91.4 cm³/mol. The molecule has 0 aliphatic rings. The molecule has 0 radical (unpaired) electrons. The van der Waals surface area contributed by atoms with Crippen LogP contribution in [0.15, 0.2) is 28.8 Å². The number of hydrogen-bond donors (Lipinski definition) is 1. The molecule has 0 saturated carbocycles. The number of ether oxygens (including phenoxy) is 1. The van der Waals surface area contributed by atoms with E-state index in [1.807, 2.05) is 13.8 Å². The van der Waals surface area contributed by atoms with Gasteiger partial charge in [0.15, 0.2) is 0 Å². The number of rotatable bonds is 8. The zero-order valence-corrected chi connectivity index (χ0v) is 15.0. The molecule has 26 heavy (non-hydrogen) atoms. The average molecular weight is 363 g/mol. The van der Waals surface area contributed by atoms with Gasteiger partial charge in [-0.05, 0) is 36.6 Å². The minimum Gasteiger partial charge on any atom is -0.467 e. The summed E-state index contributed by atoms with van der Waals surface area (Å²) in [5.41, 5.74) is 0.619. The topological polar surface area (TPSA) is 94.3 Å². The van der Waals surface area contributed by atoms with Crippen LogP contribution in [0.3, 0.4) is 0 Å². The number of nitrogens with one attached hydrogen (secondary N) is 1. The minimum absolute atomic E-state index is 0.0939. The van der Waals surface area contributed by atoms with Gasteiger partial charge in [-0.2, -0.15) is 4.98 Å². The molecule has 2 aromatic rings. The van der Waals surface area contributed by atoms with Gasteiger partial charge in [0.2, 0.25) is 17.6 Å². The lowest BCUT2D eigenvalue weighted by atomic mass is 10.0. The Morgan fingerprint density at radius 3 is 2.58 bits per heavy atom. The van der Waals surface area contributed by atoms with Crippen LogP contribution < -0.4 is 5.32 Å². The lowest BCUT2D eigenvalue weighted by Crippen LogP contribution is -2.42. The first-order valence-corrected chi connectivity index (χ1v) is 8.34. The molecule has 1 aromatic carbocycles. The fourth-order valence-corrected chi connectivity index (χ4v) is 2.39. The van der Waals surface area contributed by atoms with E-state index in [4.69, 9.17) is 9.26 Å². The lowest BCUT2D eigenvalue weighted by molar-refractivity contribution is -0.145. The van der Waals surface area contributed by atoms with Crippen LogP contribution in [-0.2, 0) is 20.7 Å². The van der Waals surface area contributed by atoms with Gasteiger partial charge in [-0.25, -0.2) is 9.18 Å². The molecule has 2 rings (SSSR count). The summed E-state index contributed by atoms with van der Waals surface area (Å²) in [5.74, 6) is -0.277. The molecule has 140 valence electrons. The first-order chi connectivity index (χ1) is 12.4. The number of carbonyl (C=O) groups is 2. The highest BCUT2D eigenvalue weighted by atomic mass is 19.1. The third kappa shape index (κ3) is 5.65. The van der Waals surface area contributed by atoms with E-state index in [1.54, 1.807) is 12.1 Å². The van der Waals surface area contributed by atoms with E-state index in [0.717, 1.165) is 0 Å². The van der Waals surface area contributed by atoms with Gasteiger partial charge in [-0.15, -0.1) is 0 Å². The quantitative estimate of drug-likeness (QED) is 0.724. The fraction of sp³-hybridized carbons (Fsp3) is 0.444. The number of esters is 1. The third-order valence-electron chi connectivity index (χ3n) is 3.66. The summed E-state index contributed by atoms with van der Waals surface area (Å²) < 4.78 is 22.8. The molecule has 0 saturated heterocycles. The zero-order valence-electron chi connectivity index (χ0n) is 15.0. The summed E-state index contributed by atoms with van der Waals surface area (Å²) in [6.07, 6.45) is 0.819. The Hall–Kier alpha value is -2.77. The van der Waals surface area contributed by atoms with Crippen molar-refractivity contribution >= 4 is 11.9 Å². The molecular formula is C18H22FN3O4. The molecule has 0 spiro atoms. The van der Waals surface area contributed by atoms with Gasteiger partial charge in [-0.3, -0.25) is 4.79 Å². The van der Waals surface area contributed by atoms with Gasteiger partial charge in [-0.1, -0.05) is 19.0 Å². The van der Waals surface area contributed by atoms with Crippen LogP contribution in [0.2, 0.25) is 0 Å². The number of benzene rings is 1. The van der Waals surface area contributed by atoms with Crippen LogP contribution in [-0.4, -0.2) is 35.2 Å². The van der Waals surface area contributed by atoms with Crippen LogP contribution >= 0.6 is 0 Å². The Balaban J connectivity index is 1.90. The van der Waals surface area contributed by atoms with Crippen molar-refractivity contribution < 1.29 is 23.2 Å². The molecule has 1 N–H and O–H groups in total. The summed E-state index contributed by atoms with van der Waals surface area (Å²) in [5, 5.41) is 6.49. The van der Waals surface area contributed by atoms with Crippen LogP contribution in [0.5, 0.6) is 0 Å². The number of nitrogens with zero attached hydrogens (tertiary/aromatic N) is 2. The number of hydrogen-bond acceptors (Lipinski definition) is 6. The monoisotopic (exact) mass is 363 g/mol. The van der Waals surface area contributed by atoms with Crippen molar-refractivity contribution in [2.45, 2.75) is 39.2 Å². The summed E-state index contributed by atoms with van der Waals surface area (Å²) >= 11 is 0. The van der Waals surface area contributed by atoms with Crippen molar-refractivity contribution in [1.29, 1.82) is 0 Å². The molecule has 0 fully saturated rings. The second kappa shape index (κ2) is 9.07. The maximum Gasteiger partial charge on any atom is 0.328 e. The molecule has 0 aliphatic carbocycles.